The van der Waals surface area contributed by atoms with E-state index in [0.29, 0.717) is 0 Å². The Bertz CT molecular complexity index is 890. The van der Waals surface area contributed by atoms with E-state index in [0.717, 1.165) is 11.3 Å². The summed E-state index contributed by atoms with van der Waals surface area (Å²) in [6, 6.07) is 0.204. The Labute approximate surface area is 175 Å². The predicted molar refractivity (Wildman–Crippen MR) is 84.8 cm³/mol. The summed E-state index contributed by atoms with van der Waals surface area (Å²) in [4.78, 5) is -1.95. The van der Waals surface area contributed by atoms with Gasteiger partial charge in [0.1, 0.15) is 0 Å². The number of hydrogen-bond acceptors (Lipinski definition) is 2. The van der Waals surface area contributed by atoms with Crippen molar-refractivity contribution in [1.82, 2.24) is 0 Å². The molecule has 0 nitrogen and oxygen atoms in total. The van der Waals surface area contributed by atoms with Crippen molar-refractivity contribution in [3.8, 4) is 0 Å². The van der Waals surface area contributed by atoms with Crippen molar-refractivity contribution in [1.29, 1.82) is 0 Å². The molecule has 2 rings (SSSR count). The Morgan fingerprint density at radius 2 is 1.03 bits per heavy atom. The molecule has 0 atom stereocenters. The van der Waals surface area contributed by atoms with Crippen molar-refractivity contribution in [3.05, 3.63) is 18.5 Å². The summed E-state index contributed by atoms with van der Waals surface area (Å²) >= 11 is 6.26. The van der Waals surface area contributed by atoms with E-state index in [4.69, 9.17) is 0 Å². The topological polar surface area (TPSA) is 0 Å². The maximum absolute atomic E-state index is 14.1. The van der Waals surface area contributed by atoms with Crippen molar-refractivity contribution in [3.63, 3.8) is 0 Å². The standard InChI is InChI=1S/C12HBr2F13S2/c13-5-2-1-3(28-4(2)6(14)29-5)7(15,16)8(17,18)9(19,20)10(21,22)11(23,24)12(25,26)27/h1H. The van der Waals surface area contributed by atoms with Crippen molar-refractivity contribution in [2.24, 2.45) is 0 Å². The third kappa shape index (κ3) is 3.28. The first kappa shape index (κ1) is 25.0. The summed E-state index contributed by atoms with van der Waals surface area (Å²) in [6.07, 6.45) is -7.42. The van der Waals surface area contributed by atoms with E-state index in [2.05, 4.69) is 31.9 Å². The second-order valence-electron chi connectivity index (χ2n) is 5.37. The Kier molecular flexibility index (Phi) is 5.90. The summed E-state index contributed by atoms with van der Waals surface area (Å²) in [5.74, 6) is -37.0. The van der Waals surface area contributed by atoms with E-state index >= 15 is 0 Å². The fourth-order valence-electron chi connectivity index (χ4n) is 1.94. The number of alkyl halides is 13. The lowest BCUT2D eigenvalue weighted by Crippen LogP contribution is -2.69. The van der Waals surface area contributed by atoms with Crippen LogP contribution in [0.5, 0.6) is 0 Å². The molecular weight excluding hydrogens is 615 g/mol. The van der Waals surface area contributed by atoms with Crippen LogP contribution in [0.1, 0.15) is 4.88 Å². The molecule has 2 heterocycles. The minimum atomic E-state index is -7.90. The third-order valence-corrected chi connectivity index (χ3v) is 7.74. The fourth-order valence-corrected chi connectivity index (χ4v) is 6.42. The second kappa shape index (κ2) is 6.85. The molecule has 0 saturated heterocycles. The first-order valence-electron chi connectivity index (χ1n) is 6.48. The average molecular weight is 616 g/mol. The highest BCUT2D eigenvalue weighted by Crippen LogP contribution is 2.63. The van der Waals surface area contributed by atoms with Crippen LogP contribution < -0.4 is 0 Å². The lowest BCUT2D eigenvalue weighted by atomic mass is 9.93. The van der Waals surface area contributed by atoms with Gasteiger partial charge in [-0.25, -0.2) is 0 Å². The summed E-state index contributed by atoms with van der Waals surface area (Å²) in [5, 5.41) is -0.229. The predicted octanol–water partition coefficient (Wildman–Crippen LogP) is 8.68. The van der Waals surface area contributed by atoms with Gasteiger partial charge in [0.2, 0.25) is 0 Å². The third-order valence-electron chi connectivity index (χ3n) is 3.54. The molecule has 0 aromatic carbocycles. The molecule has 0 radical (unpaired) electrons. The molecule has 0 bridgehead atoms. The van der Waals surface area contributed by atoms with Crippen LogP contribution >= 0.6 is 54.5 Å². The first-order chi connectivity index (χ1) is 12.6. The number of fused-ring (bicyclic) bond motifs is 1. The van der Waals surface area contributed by atoms with Crippen LogP contribution in [-0.2, 0) is 5.92 Å². The molecule has 0 fully saturated rings. The van der Waals surface area contributed by atoms with Gasteiger partial charge in [0.25, 0.3) is 0 Å². The van der Waals surface area contributed by atoms with Gasteiger partial charge in [0.15, 0.2) is 0 Å². The summed E-state index contributed by atoms with van der Waals surface area (Å²) in [7, 11) is 0. The van der Waals surface area contributed by atoms with Gasteiger partial charge in [-0.15, -0.1) is 22.7 Å². The Hall–Kier alpha value is -0.290. The number of hydrogen-bond donors (Lipinski definition) is 0. The molecule has 29 heavy (non-hydrogen) atoms. The van der Waals surface area contributed by atoms with Gasteiger partial charge in [-0.2, -0.15) is 57.1 Å². The highest BCUT2D eigenvalue weighted by atomic mass is 79.9. The van der Waals surface area contributed by atoms with Crippen LogP contribution in [-0.4, -0.2) is 29.9 Å². The van der Waals surface area contributed by atoms with E-state index < -0.39 is 40.7 Å². The number of rotatable bonds is 5. The number of thiophene rings is 2. The van der Waals surface area contributed by atoms with Gasteiger partial charge in [-0.1, -0.05) is 0 Å². The smallest absolute Gasteiger partial charge is 0.193 e. The Morgan fingerprint density at radius 1 is 0.586 bits per heavy atom. The molecule has 0 N–H and O–H groups in total. The van der Waals surface area contributed by atoms with Crippen molar-refractivity contribution >= 4 is 64.6 Å². The molecule has 0 aliphatic heterocycles. The van der Waals surface area contributed by atoms with Crippen molar-refractivity contribution in [2.75, 3.05) is 0 Å². The molecule has 166 valence electrons. The van der Waals surface area contributed by atoms with E-state index in [1.54, 1.807) is 0 Å². The van der Waals surface area contributed by atoms with Gasteiger partial charge >= 0.3 is 35.8 Å². The molecular formula is C12HBr2F13S2. The quantitative estimate of drug-likeness (QED) is 0.295. The minimum absolute atomic E-state index is 0.0432. The molecule has 0 unspecified atom stereocenters. The van der Waals surface area contributed by atoms with E-state index in [1.807, 2.05) is 0 Å². The maximum Gasteiger partial charge on any atom is 0.460 e. The highest BCUT2D eigenvalue weighted by Gasteiger charge is 2.91. The van der Waals surface area contributed by atoms with Gasteiger partial charge in [-0.05, 0) is 37.9 Å². The van der Waals surface area contributed by atoms with E-state index in [9.17, 15) is 57.1 Å². The molecule has 2 aromatic heterocycles. The van der Waals surface area contributed by atoms with Gasteiger partial charge in [0, 0.05) is 5.39 Å². The summed E-state index contributed by atoms with van der Waals surface area (Å²) < 4.78 is 171. The first-order valence-corrected chi connectivity index (χ1v) is 9.70. The van der Waals surface area contributed by atoms with Crippen LogP contribution in [0.25, 0.3) is 10.1 Å². The SMILES string of the molecule is FC(F)(F)C(F)(F)C(F)(F)C(F)(F)C(F)(F)C(F)(F)c1cc2c(Br)sc(Br)c2s1. The zero-order valence-corrected chi connectivity index (χ0v) is 17.4. The van der Waals surface area contributed by atoms with E-state index in [1.165, 1.54) is 0 Å². The Morgan fingerprint density at radius 3 is 1.45 bits per heavy atom. The van der Waals surface area contributed by atoms with Crippen LogP contribution in [0.2, 0.25) is 0 Å². The lowest BCUT2D eigenvalue weighted by molar-refractivity contribution is -0.441. The molecule has 17 heteroatoms. The molecule has 0 saturated carbocycles. The lowest BCUT2D eigenvalue weighted by Gasteiger charge is -2.39. The van der Waals surface area contributed by atoms with Crippen LogP contribution in [0, 0.1) is 0 Å². The van der Waals surface area contributed by atoms with Crippen LogP contribution in [0.15, 0.2) is 13.6 Å². The Balaban J connectivity index is 2.64. The molecule has 0 spiro atoms. The van der Waals surface area contributed by atoms with Gasteiger partial charge in [0.05, 0.1) is 17.1 Å². The largest absolute Gasteiger partial charge is 0.460 e. The normalized spacial score (nSPS) is 15.4. The molecule has 0 aliphatic carbocycles. The molecule has 2 aromatic rings. The maximum atomic E-state index is 14.1. The van der Waals surface area contributed by atoms with E-state index in [-0.39, 0.29) is 35.1 Å². The molecule has 0 amide bonds. The average Bonchev–Trinajstić information content (AvgIpc) is 3.08. The van der Waals surface area contributed by atoms with Gasteiger partial charge < -0.3 is 0 Å². The number of halogens is 15. The van der Waals surface area contributed by atoms with Crippen LogP contribution in [0.4, 0.5) is 57.1 Å². The summed E-state index contributed by atoms with van der Waals surface area (Å²) in [5.41, 5.74) is 0. The van der Waals surface area contributed by atoms with Crippen molar-refractivity contribution in [2.45, 2.75) is 35.8 Å². The fraction of sp³-hybridized carbons (Fsp3) is 0.500. The molecule has 0 aliphatic rings. The summed E-state index contributed by atoms with van der Waals surface area (Å²) in [6.45, 7) is 0. The minimum Gasteiger partial charge on any atom is -0.193 e. The van der Waals surface area contributed by atoms with Gasteiger partial charge in [-0.3, -0.25) is 0 Å². The van der Waals surface area contributed by atoms with Crippen molar-refractivity contribution < 1.29 is 57.1 Å². The van der Waals surface area contributed by atoms with Crippen LogP contribution in [0.3, 0.4) is 0 Å². The zero-order valence-electron chi connectivity index (χ0n) is 12.6. The second-order valence-corrected chi connectivity index (χ2v) is 10.1. The monoisotopic (exact) mass is 614 g/mol. The highest BCUT2D eigenvalue weighted by molar-refractivity contribution is 9.12. The zero-order chi connectivity index (χ0) is 23.0.